The molecule has 0 saturated carbocycles. The van der Waals surface area contributed by atoms with Gasteiger partial charge < -0.3 is 24.5 Å². The van der Waals surface area contributed by atoms with E-state index < -0.39 is 23.1 Å². The van der Waals surface area contributed by atoms with Gasteiger partial charge >= 0.3 is 0 Å². The van der Waals surface area contributed by atoms with Gasteiger partial charge in [-0.15, -0.1) is 0 Å². The molecule has 2 heterocycles. The molecule has 1 atom stereocenters. The van der Waals surface area contributed by atoms with Crippen LogP contribution in [0.2, 0.25) is 0 Å². The average molecular weight is 464 g/mol. The number of benzene rings is 2. The number of amides is 2. The largest absolute Gasteiger partial charge is 0.507 e. The molecule has 1 spiro atoms. The van der Waals surface area contributed by atoms with Crippen molar-refractivity contribution in [1.82, 2.24) is 9.80 Å². The summed E-state index contributed by atoms with van der Waals surface area (Å²) >= 11 is 0. The van der Waals surface area contributed by atoms with Crippen LogP contribution >= 0.6 is 0 Å². The molecule has 1 N–H and O–H groups in total. The Morgan fingerprint density at radius 3 is 2.32 bits per heavy atom. The highest BCUT2D eigenvalue weighted by atomic mass is 16.5. The first-order valence-corrected chi connectivity index (χ1v) is 11.4. The van der Waals surface area contributed by atoms with Crippen molar-refractivity contribution >= 4 is 29.0 Å². The van der Waals surface area contributed by atoms with Gasteiger partial charge in [0.15, 0.2) is 5.54 Å². The van der Waals surface area contributed by atoms with Crippen LogP contribution in [0.1, 0.15) is 25.0 Å². The van der Waals surface area contributed by atoms with Crippen LogP contribution in [0.5, 0.6) is 5.75 Å². The van der Waals surface area contributed by atoms with Crippen molar-refractivity contribution in [3.8, 4) is 5.75 Å². The molecule has 34 heavy (non-hydrogen) atoms. The molecule has 0 radical (unpaired) electrons. The van der Waals surface area contributed by atoms with Crippen LogP contribution in [0.15, 0.2) is 54.1 Å². The van der Waals surface area contributed by atoms with Crippen LogP contribution < -0.4 is 9.64 Å². The van der Waals surface area contributed by atoms with Crippen molar-refractivity contribution in [3.05, 3.63) is 65.2 Å². The van der Waals surface area contributed by atoms with E-state index in [1.54, 1.807) is 47.4 Å². The molecule has 2 aromatic rings. The highest BCUT2D eigenvalue weighted by molar-refractivity contribution is 6.50. The molecule has 178 valence electrons. The van der Waals surface area contributed by atoms with Gasteiger partial charge in [0.05, 0.1) is 17.9 Å². The van der Waals surface area contributed by atoms with Crippen molar-refractivity contribution < 1.29 is 24.2 Å². The second-order valence-electron chi connectivity index (χ2n) is 8.55. The number of aliphatic hydroxyl groups is 1. The predicted molar refractivity (Wildman–Crippen MR) is 129 cm³/mol. The molecular formula is C26H29N3O5. The summed E-state index contributed by atoms with van der Waals surface area (Å²) in [7, 11) is 3.71. The van der Waals surface area contributed by atoms with Crippen LogP contribution in [0.25, 0.3) is 5.76 Å². The predicted octanol–water partition coefficient (Wildman–Crippen LogP) is 2.59. The second kappa shape index (κ2) is 8.95. The summed E-state index contributed by atoms with van der Waals surface area (Å²) in [5, 5.41) is 11.4. The number of hydrogen-bond acceptors (Lipinski definition) is 6. The summed E-state index contributed by atoms with van der Waals surface area (Å²) in [6.07, 6.45) is 0. The summed E-state index contributed by atoms with van der Waals surface area (Å²) in [4.78, 5) is 45.6. The third kappa shape index (κ3) is 3.37. The number of hydrogen-bond donors (Lipinski definition) is 1. The lowest BCUT2D eigenvalue weighted by molar-refractivity contribution is -0.143. The summed E-state index contributed by atoms with van der Waals surface area (Å²) in [6, 6.07) is 13.7. The third-order valence-corrected chi connectivity index (χ3v) is 6.34. The molecule has 1 fully saturated rings. The number of anilines is 1. The molecule has 1 saturated heterocycles. The fourth-order valence-corrected chi connectivity index (χ4v) is 4.80. The molecule has 2 aliphatic rings. The lowest BCUT2D eigenvalue weighted by Crippen LogP contribution is -2.53. The number of fused-ring (bicyclic) bond motifs is 2. The topological polar surface area (TPSA) is 90.4 Å². The number of aliphatic hydroxyl groups excluding tert-OH is 1. The van der Waals surface area contributed by atoms with E-state index in [0.717, 1.165) is 0 Å². The summed E-state index contributed by atoms with van der Waals surface area (Å²) < 4.78 is 5.47. The Kier molecular flexibility index (Phi) is 6.18. The van der Waals surface area contributed by atoms with E-state index in [-0.39, 0.29) is 17.9 Å². The van der Waals surface area contributed by atoms with Gasteiger partial charge in [0.2, 0.25) is 0 Å². The Morgan fingerprint density at radius 2 is 1.71 bits per heavy atom. The Bertz CT molecular complexity index is 1170. The normalized spacial score (nSPS) is 21.1. The first-order chi connectivity index (χ1) is 16.3. The van der Waals surface area contributed by atoms with Gasteiger partial charge in [-0.05, 0) is 58.3 Å². The van der Waals surface area contributed by atoms with Crippen molar-refractivity contribution in [2.75, 3.05) is 45.2 Å². The number of rotatable bonds is 7. The van der Waals surface area contributed by atoms with Gasteiger partial charge in [0.1, 0.15) is 11.5 Å². The van der Waals surface area contributed by atoms with Crippen molar-refractivity contribution in [2.45, 2.75) is 19.4 Å². The highest BCUT2D eigenvalue weighted by Gasteiger charge is 2.66. The van der Waals surface area contributed by atoms with E-state index >= 15 is 0 Å². The Hall–Kier alpha value is -3.65. The number of Topliss-reactive ketones (excluding diaryl/α,β-unsaturated/α-hetero) is 1. The van der Waals surface area contributed by atoms with Crippen LogP contribution in [0.4, 0.5) is 5.69 Å². The number of ether oxygens (including phenoxy) is 1. The molecule has 8 nitrogen and oxygen atoms in total. The van der Waals surface area contributed by atoms with Crippen LogP contribution in [-0.2, 0) is 19.9 Å². The van der Waals surface area contributed by atoms with Crippen LogP contribution in [-0.4, -0.2) is 72.8 Å². The summed E-state index contributed by atoms with van der Waals surface area (Å²) in [6.45, 7) is 5.14. The number of likely N-dealkylation sites (tertiary alicyclic amines) is 1. The zero-order chi connectivity index (χ0) is 24.6. The molecule has 0 aromatic heterocycles. The first kappa shape index (κ1) is 23.5. The molecule has 1 unspecified atom stereocenters. The monoisotopic (exact) mass is 463 g/mol. The maximum Gasteiger partial charge on any atom is 0.296 e. The fourth-order valence-electron chi connectivity index (χ4n) is 4.80. The SMILES string of the molecule is CCOc1ccc(/C(O)=C2\C(=O)C(=O)N(CCN(C)C)C23C(=O)N(CC)c2ccccc23)cc1. The molecule has 2 aromatic carbocycles. The van der Waals surface area contributed by atoms with Crippen molar-refractivity contribution in [3.63, 3.8) is 0 Å². The minimum Gasteiger partial charge on any atom is -0.507 e. The van der Waals surface area contributed by atoms with Gasteiger partial charge in [-0.25, -0.2) is 0 Å². The third-order valence-electron chi connectivity index (χ3n) is 6.34. The fraction of sp³-hybridized carbons (Fsp3) is 0.346. The molecular weight excluding hydrogens is 434 g/mol. The van der Waals surface area contributed by atoms with E-state index in [9.17, 15) is 19.5 Å². The summed E-state index contributed by atoms with van der Waals surface area (Å²) in [5.41, 5.74) is -0.446. The Balaban J connectivity index is 1.99. The number of carbonyl (C=O) groups excluding carboxylic acids is 3. The average Bonchev–Trinajstić information content (AvgIpc) is 3.20. The molecule has 4 rings (SSSR count). The number of para-hydroxylation sites is 1. The lowest BCUT2D eigenvalue weighted by atomic mass is 9.82. The molecule has 0 bridgehead atoms. The molecule has 0 aliphatic carbocycles. The zero-order valence-corrected chi connectivity index (χ0v) is 19.9. The first-order valence-electron chi connectivity index (χ1n) is 11.4. The van der Waals surface area contributed by atoms with Crippen LogP contribution in [0.3, 0.4) is 0 Å². The van der Waals surface area contributed by atoms with Gasteiger partial charge in [0, 0.05) is 30.8 Å². The standard InChI is InChI=1S/C26H29N3O5/c1-5-28-20-10-8-7-9-19(20)26(25(28)33)21(23(31)24(32)29(26)16-15-27(3)4)22(30)17-11-13-18(14-12-17)34-6-2/h7-14,30H,5-6,15-16H2,1-4H3/b22-21-. The number of nitrogens with zero attached hydrogens (tertiary/aromatic N) is 3. The minimum absolute atomic E-state index is 0.148. The lowest BCUT2D eigenvalue weighted by Gasteiger charge is -2.35. The number of ketones is 1. The maximum absolute atomic E-state index is 14.1. The smallest absolute Gasteiger partial charge is 0.296 e. The van der Waals surface area contributed by atoms with Crippen molar-refractivity contribution in [1.29, 1.82) is 0 Å². The minimum atomic E-state index is -1.72. The van der Waals surface area contributed by atoms with Gasteiger partial charge in [-0.1, -0.05) is 18.2 Å². The Morgan fingerprint density at radius 1 is 1.03 bits per heavy atom. The van der Waals surface area contributed by atoms with E-state index in [4.69, 9.17) is 4.74 Å². The number of likely N-dealkylation sites (N-methyl/N-ethyl adjacent to an activating group) is 2. The van der Waals surface area contributed by atoms with Crippen molar-refractivity contribution in [2.24, 2.45) is 0 Å². The van der Waals surface area contributed by atoms with Gasteiger partial charge in [-0.2, -0.15) is 0 Å². The number of carbonyl (C=O) groups is 3. The van der Waals surface area contributed by atoms with Gasteiger partial charge in [-0.3, -0.25) is 14.4 Å². The maximum atomic E-state index is 14.1. The van der Waals surface area contributed by atoms with Gasteiger partial charge in [0.25, 0.3) is 17.6 Å². The van der Waals surface area contributed by atoms with E-state index in [1.165, 1.54) is 4.90 Å². The second-order valence-corrected chi connectivity index (χ2v) is 8.55. The quantitative estimate of drug-likeness (QED) is 0.386. The van der Waals surface area contributed by atoms with E-state index in [0.29, 0.717) is 42.3 Å². The highest BCUT2D eigenvalue weighted by Crippen LogP contribution is 2.53. The summed E-state index contributed by atoms with van der Waals surface area (Å²) in [5.74, 6) is -1.85. The van der Waals surface area contributed by atoms with Crippen LogP contribution in [0, 0.1) is 0 Å². The molecule has 8 heteroatoms. The molecule has 2 amide bonds. The zero-order valence-electron chi connectivity index (χ0n) is 19.9. The van der Waals surface area contributed by atoms with E-state index in [2.05, 4.69) is 0 Å². The van der Waals surface area contributed by atoms with E-state index in [1.807, 2.05) is 38.9 Å². The molecule has 2 aliphatic heterocycles. The Labute approximate surface area is 199 Å².